The molecule has 0 aliphatic heterocycles. The molecule has 2 heterocycles. The largest absolute Gasteiger partial charge is 0.508 e. The molecule has 1 aromatic carbocycles. The highest BCUT2D eigenvalue weighted by Gasteiger charge is 2.20. The van der Waals surface area contributed by atoms with Crippen LogP contribution in [0.2, 0.25) is 0 Å². The van der Waals surface area contributed by atoms with E-state index in [1.165, 1.54) is 12.1 Å². The van der Waals surface area contributed by atoms with Crippen LogP contribution >= 0.6 is 0 Å². The molecule has 0 amide bonds. The van der Waals surface area contributed by atoms with Gasteiger partial charge in [0.25, 0.3) is 5.56 Å². The summed E-state index contributed by atoms with van der Waals surface area (Å²) in [5.74, 6) is 0.147. The van der Waals surface area contributed by atoms with E-state index < -0.39 is 0 Å². The van der Waals surface area contributed by atoms with Crippen LogP contribution in [0.4, 0.5) is 0 Å². The van der Waals surface area contributed by atoms with Crippen molar-refractivity contribution in [1.29, 1.82) is 5.41 Å². The number of phenolic OH excluding ortho intramolecular Hbond substituents is 1. The lowest BCUT2D eigenvalue weighted by Gasteiger charge is -2.15. The number of aryl methyl sites for hydroxylation is 2. The molecule has 2 aromatic heterocycles. The fraction of sp³-hybridized carbons (Fsp3) is 0.333. The number of nitrogens with two attached hydrogens (primary N) is 1. The molecule has 9 nitrogen and oxygen atoms in total. The number of nitrogen functional groups attached to an aromatic ring is 1. The van der Waals surface area contributed by atoms with Crippen LogP contribution in [0.1, 0.15) is 31.5 Å². The van der Waals surface area contributed by atoms with Gasteiger partial charge >= 0.3 is 0 Å². The van der Waals surface area contributed by atoms with Crippen LogP contribution < -0.4 is 16.0 Å². The molecule has 0 fully saturated rings. The average molecular weight is 370 g/mol. The van der Waals surface area contributed by atoms with Crippen molar-refractivity contribution in [3.05, 3.63) is 33.7 Å². The van der Waals surface area contributed by atoms with E-state index in [-0.39, 0.29) is 28.5 Å². The first-order valence-corrected chi connectivity index (χ1v) is 8.69. The van der Waals surface area contributed by atoms with Gasteiger partial charge in [0, 0.05) is 6.54 Å². The van der Waals surface area contributed by atoms with Crippen molar-refractivity contribution >= 4 is 16.9 Å². The zero-order chi connectivity index (χ0) is 19.7. The van der Waals surface area contributed by atoms with E-state index in [0.717, 1.165) is 6.42 Å². The normalized spacial score (nSPS) is 11.1. The van der Waals surface area contributed by atoms with E-state index in [0.29, 0.717) is 41.2 Å². The number of rotatable bonds is 6. The lowest BCUT2D eigenvalue weighted by Crippen LogP contribution is -2.15. The van der Waals surface area contributed by atoms with Gasteiger partial charge < -0.3 is 20.6 Å². The minimum atomic E-state index is -0.332. The summed E-state index contributed by atoms with van der Waals surface area (Å²) in [5.41, 5.74) is 6.96. The van der Waals surface area contributed by atoms with Gasteiger partial charge in [-0.1, -0.05) is 6.92 Å². The van der Waals surface area contributed by atoms with Crippen molar-refractivity contribution in [2.45, 2.75) is 33.7 Å². The number of phenols is 1. The van der Waals surface area contributed by atoms with E-state index in [1.807, 2.05) is 13.8 Å². The predicted octanol–water partition coefficient (Wildman–Crippen LogP) is 1.89. The molecule has 0 radical (unpaired) electrons. The zero-order valence-corrected chi connectivity index (χ0v) is 15.5. The molecule has 5 N–H and O–H groups in total. The van der Waals surface area contributed by atoms with Crippen molar-refractivity contribution < 1.29 is 9.84 Å². The molecule has 0 aliphatic carbocycles. The fourth-order valence-electron chi connectivity index (χ4n) is 2.95. The maximum Gasteiger partial charge on any atom is 0.262 e. The number of nitrogens with zero attached hydrogens (tertiary/aromatic N) is 3. The molecule has 0 unspecified atom stereocenters. The molecule has 142 valence electrons. The van der Waals surface area contributed by atoms with Gasteiger partial charge in [-0.15, -0.1) is 0 Å². The van der Waals surface area contributed by atoms with Gasteiger partial charge in [-0.25, -0.2) is 9.67 Å². The lowest BCUT2D eigenvalue weighted by molar-refractivity contribution is 0.317. The summed E-state index contributed by atoms with van der Waals surface area (Å²) in [6.07, 6.45) is 0.739. The van der Waals surface area contributed by atoms with Crippen LogP contribution in [-0.2, 0) is 6.54 Å². The smallest absolute Gasteiger partial charge is 0.262 e. The molecule has 9 heteroatoms. The highest BCUT2D eigenvalue weighted by molar-refractivity contribution is 6.00. The van der Waals surface area contributed by atoms with E-state index in [2.05, 4.69) is 15.1 Å². The monoisotopic (exact) mass is 370 g/mol. The number of aromatic nitrogens is 4. The molecule has 0 spiro atoms. The molecule has 0 aliphatic rings. The first-order chi connectivity index (χ1) is 12.9. The number of benzene rings is 1. The Morgan fingerprint density at radius 3 is 2.78 bits per heavy atom. The quantitative estimate of drug-likeness (QED) is 0.385. The van der Waals surface area contributed by atoms with Gasteiger partial charge in [0.05, 0.1) is 23.4 Å². The Kier molecular flexibility index (Phi) is 4.85. The molecule has 3 aromatic rings. The van der Waals surface area contributed by atoms with Gasteiger partial charge in [-0.2, -0.15) is 5.10 Å². The third-order valence-electron chi connectivity index (χ3n) is 4.15. The highest BCUT2D eigenvalue weighted by atomic mass is 16.5. The van der Waals surface area contributed by atoms with Crippen molar-refractivity contribution in [3.63, 3.8) is 0 Å². The topological polar surface area (TPSA) is 143 Å². The molecule has 0 saturated heterocycles. The average Bonchev–Trinajstić information content (AvgIpc) is 2.96. The SMILES string of the molecule is CCCOc1c(C(=N)N)cc(O)cc1-c1nc2c(c(C)nn2CC)c(=O)[nH]1. The molecular weight excluding hydrogens is 348 g/mol. The zero-order valence-electron chi connectivity index (χ0n) is 15.5. The summed E-state index contributed by atoms with van der Waals surface area (Å²) >= 11 is 0. The number of nitrogens with one attached hydrogen (secondary N) is 2. The van der Waals surface area contributed by atoms with E-state index in [9.17, 15) is 9.90 Å². The molecule has 0 bridgehead atoms. The van der Waals surface area contributed by atoms with Crippen LogP contribution in [0.5, 0.6) is 11.5 Å². The Bertz CT molecular complexity index is 1080. The van der Waals surface area contributed by atoms with E-state index in [1.54, 1.807) is 11.6 Å². The molecule has 3 rings (SSSR count). The van der Waals surface area contributed by atoms with E-state index >= 15 is 0 Å². The van der Waals surface area contributed by atoms with Crippen molar-refractivity contribution in [2.24, 2.45) is 5.73 Å². The number of aromatic amines is 1. The van der Waals surface area contributed by atoms with Crippen molar-refractivity contribution in [3.8, 4) is 22.9 Å². The second-order valence-corrected chi connectivity index (χ2v) is 6.15. The summed E-state index contributed by atoms with van der Waals surface area (Å²) in [5, 5.41) is 22.6. The molecule has 0 saturated carbocycles. The minimum Gasteiger partial charge on any atom is -0.508 e. The minimum absolute atomic E-state index is 0.109. The van der Waals surface area contributed by atoms with Crippen molar-refractivity contribution in [2.75, 3.05) is 6.61 Å². The Hall–Kier alpha value is -3.36. The number of hydrogen-bond donors (Lipinski definition) is 4. The van der Waals surface area contributed by atoms with Gasteiger partial charge in [-0.3, -0.25) is 10.2 Å². The second kappa shape index (κ2) is 7.10. The van der Waals surface area contributed by atoms with Crippen molar-refractivity contribution in [1.82, 2.24) is 19.7 Å². The predicted molar refractivity (Wildman–Crippen MR) is 102 cm³/mol. The fourth-order valence-corrected chi connectivity index (χ4v) is 2.95. The second-order valence-electron chi connectivity index (χ2n) is 6.15. The van der Waals surface area contributed by atoms with Crippen LogP contribution in [0.25, 0.3) is 22.4 Å². The van der Waals surface area contributed by atoms with Gasteiger partial charge in [-0.05, 0) is 32.4 Å². The van der Waals surface area contributed by atoms with Gasteiger partial charge in [0.1, 0.15) is 28.5 Å². The lowest BCUT2D eigenvalue weighted by atomic mass is 10.1. The summed E-state index contributed by atoms with van der Waals surface area (Å²) in [7, 11) is 0. The number of amidine groups is 1. The third-order valence-corrected chi connectivity index (χ3v) is 4.15. The third kappa shape index (κ3) is 3.23. The number of aromatic hydroxyl groups is 1. The summed E-state index contributed by atoms with van der Waals surface area (Å²) in [4.78, 5) is 19.9. The Balaban J connectivity index is 2.33. The number of H-pyrrole nitrogens is 1. The maximum atomic E-state index is 12.6. The summed E-state index contributed by atoms with van der Waals surface area (Å²) in [6, 6.07) is 2.79. The Morgan fingerprint density at radius 2 is 2.15 bits per heavy atom. The molecular formula is C18H22N6O3. The first-order valence-electron chi connectivity index (χ1n) is 8.69. The van der Waals surface area contributed by atoms with Crippen LogP contribution in [0, 0.1) is 12.3 Å². The maximum absolute atomic E-state index is 12.6. The van der Waals surface area contributed by atoms with Gasteiger partial charge in [0.2, 0.25) is 0 Å². The number of hydrogen-bond acceptors (Lipinski definition) is 6. The number of fused-ring (bicyclic) bond motifs is 1. The standard InChI is InChI=1S/C18H22N6O3/c1-4-6-27-14-11(15(19)20)7-10(25)8-12(14)16-21-17-13(18(26)22-16)9(3)23-24(17)5-2/h7-8,25H,4-6H2,1-3H3,(H3,19,20)(H,21,22,26). The Morgan fingerprint density at radius 1 is 1.41 bits per heavy atom. The molecule has 27 heavy (non-hydrogen) atoms. The Labute approximate surface area is 155 Å². The summed E-state index contributed by atoms with van der Waals surface area (Å²) in [6.45, 7) is 6.55. The van der Waals surface area contributed by atoms with Gasteiger partial charge in [0.15, 0.2) is 5.65 Å². The van der Waals surface area contributed by atoms with Crippen LogP contribution in [0.15, 0.2) is 16.9 Å². The number of ether oxygens (including phenoxy) is 1. The van der Waals surface area contributed by atoms with Crippen LogP contribution in [-0.4, -0.2) is 37.3 Å². The summed E-state index contributed by atoms with van der Waals surface area (Å²) < 4.78 is 7.43. The highest BCUT2D eigenvalue weighted by Crippen LogP contribution is 2.35. The van der Waals surface area contributed by atoms with E-state index in [4.69, 9.17) is 15.9 Å². The first kappa shape index (κ1) is 18.4. The molecule has 0 atom stereocenters. The van der Waals surface area contributed by atoms with Crippen LogP contribution in [0.3, 0.4) is 0 Å².